The maximum absolute atomic E-state index is 12.6. The fourth-order valence-corrected chi connectivity index (χ4v) is 5.16. The molecular weight excluding hydrogens is 426 g/mol. The number of nitrogens with zero attached hydrogens (tertiary/aromatic N) is 4. The second-order valence-corrected chi connectivity index (χ2v) is 9.48. The van der Waals surface area contributed by atoms with E-state index in [1.54, 1.807) is 11.8 Å². The molecular formula is C27H37N5O2. The Morgan fingerprint density at radius 3 is 2.56 bits per heavy atom. The number of benzene rings is 1. The zero-order valence-corrected chi connectivity index (χ0v) is 21.1. The predicted octanol–water partition coefficient (Wildman–Crippen LogP) is 4.61. The summed E-state index contributed by atoms with van der Waals surface area (Å²) in [6.07, 6.45) is 7.64. The van der Waals surface area contributed by atoms with Gasteiger partial charge in [-0.25, -0.2) is 9.67 Å². The first-order chi connectivity index (χ1) is 16.4. The summed E-state index contributed by atoms with van der Waals surface area (Å²) in [5.74, 6) is 0.617. The van der Waals surface area contributed by atoms with Crippen molar-refractivity contribution in [2.75, 3.05) is 19.1 Å². The van der Waals surface area contributed by atoms with Gasteiger partial charge in [0, 0.05) is 44.5 Å². The number of methoxy groups -OCH3 is 1. The van der Waals surface area contributed by atoms with Crippen molar-refractivity contribution in [2.45, 2.75) is 71.4 Å². The minimum atomic E-state index is 0.0421. The average molecular weight is 464 g/mol. The molecule has 34 heavy (non-hydrogen) atoms. The number of carbonyl (C=O) groups is 1. The number of hydrogen-bond acceptors (Lipinski definition) is 5. The third kappa shape index (κ3) is 5.03. The quantitative estimate of drug-likeness (QED) is 0.528. The summed E-state index contributed by atoms with van der Waals surface area (Å²) in [6, 6.07) is 9.23. The molecule has 7 nitrogen and oxygen atoms in total. The Morgan fingerprint density at radius 2 is 1.88 bits per heavy atom. The zero-order chi connectivity index (χ0) is 24.2. The summed E-state index contributed by atoms with van der Waals surface area (Å²) < 4.78 is 7.18. The maximum Gasteiger partial charge on any atom is 0.242 e. The number of anilines is 1. The van der Waals surface area contributed by atoms with Crippen LogP contribution in [0.4, 0.5) is 5.69 Å². The van der Waals surface area contributed by atoms with Gasteiger partial charge in [-0.2, -0.15) is 0 Å². The second kappa shape index (κ2) is 10.5. The minimum Gasteiger partial charge on any atom is -0.479 e. The maximum atomic E-state index is 12.6. The number of aromatic nitrogens is 3. The van der Waals surface area contributed by atoms with Gasteiger partial charge in [-0.1, -0.05) is 31.4 Å². The molecule has 182 valence electrons. The van der Waals surface area contributed by atoms with Crippen LogP contribution < -0.4 is 15.0 Å². The van der Waals surface area contributed by atoms with E-state index < -0.39 is 0 Å². The number of aryl methyl sites for hydroxylation is 3. The van der Waals surface area contributed by atoms with Crippen molar-refractivity contribution in [3.8, 4) is 5.88 Å². The van der Waals surface area contributed by atoms with E-state index in [4.69, 9.17) is 9.72 Å². The lowest BCUT2D eigenvalue weighted by Gasteiger charge is -2.33. The summed E-state index contributed by atoms with van der Waals surface area (Å²) >= 11 is 0. The van der Waals surface area contributed by atoms with Crippen LogP contribution in [0.1, 0.15) is 60.9 Å². The van der Waals surface area contributed by atoms with Gasteiger partial charge in [0.15, 0.2) is 5.65 Å². The summed E-state index contributed by atoms with van der Waals surface area (Å²) in [6.45, 7) is 4.59. The fraction of sp³-hybridized carbons (Fsp3) is 0.519. The molecule has 1 aromatic carbocycles. The van der Waals surface area contributed by atoms with Crippen LogP contribution in [0, 0.1) is 13.8 Å². The van der Waals surface area contributed by atoms with Gasteiger partial charge in [0.2, 0.25) is 11.8 Å². The van der Waals surface area contributed by atoms with Gasteiger partial charge in [0.05, 0.1) is 12.5 Å². The summed E-state index contributed by atoms with van der Waals surface area (Å²) in [5.41, 5.74) is 6.27. The topological polar surface area (TPSA) is 72.3 Å². The molecule has 1 aliphatic rings. The Balaban J connectivity index is 1.33. The van der Waals surface area contributed by atoms with Gasteiger partial charge < -0.3 is 15.0 Å². The Labute approximate surface area is 202 Å². The summed E-state index contributed by atoms with van der Waals surface area (Å²) in [4.78, 5) is 19.7. The molecule has 0 unspecified atom stereocenters. The van der Waals surface area contributed by atoms with E-state index in [1.165, 1.54) is 37.8 Å². The third-order valence-corrected chi connectivity index (χ3v) is 7.27. The van der Waals surface area contributed by atoms with Crippen molar-refractivity contribution >= 4 is 22.6 Å². The molecule has 0 aliphatic heterocycles. The monoisotopic (exact) mass is 463 g/mol. The molecule has 0 bridgehead atoms. The standard InChI is InChI=1S/C27H37N5O2/c1-18-23(19(2)29-26-25(18)27(34-5)30-32(26)4)15-16-24(33)28-17-20-11-13-22(14-12-20)31(3)21-9-7-6-8-10-21/h11-14,21H,6-10,15-17H2,1-5H3,(H,28,33). The van der Waals surface area contributed by atoms with Crippen molar-refractivity contribution in [3.63, 3.8) is 0 Å². The molecule has 2 aromatic heterocycles. The number of amides is 1. The first-order valence-corrected chi connectivity index (χ1v) is 12.3. The van der Waals surface area contributed by atoms with E-state index in [0.29, 0.717) is 31.3 Å². The van der Waals surface area contributed by atoms with E-state index in [-0.39, 0.29) is 5.91 Å². The molecule has 1 aliphatic carbocycles. The Kier molecular flexibility index (Phi) is 7.39. The second-order valence-electron chi connectivity index (χ2n) is 9.48. The highest BCUT2D eigenvalue weighted by Gasteiger charge is 2.19. The molecule has 3 aromatic rings. The van der Waals surface area contributed by atoms with Crippen molar-refractivity contribution < 1.29 is 9.53 Å². The number of pyridine rings is 1. The van der Waals surface area contributed by atoms with Gasteiger partial charge in [-0.3, -0.25) is 4.79 Å². The van der Waals surface area contributed by atoms with Gasteiger partial charge in [-0.05, 0) is 61.9 Å². The molecule has 1 fully saturated rings. The van der Waals surface area contributed by atoms with Crippen molar-refractivity contribution in [1.82, 2.24) is 20.1 Å². The summed E-state index contributed by atoms with van der Waals surface area (Å²) in [7, 11) is 5.68. The van der Waals surface area contributed by atoms with E-state index in [0.717, 1.165) is 33.4 Å². The van der Waals surface area contributed by atoms with E-state index in [9.17, 15) is 4.79 Å². The Hall–Kier alpha value is -3.09. The minimum absolute atomic E-state index is 0.0421. The number of fused-ring (bicyclic) bond motifs is 1. The fourth-order valence-electron chi connectivity index (χ4n) is 5.16. The van der Waals surface area contributed by atoms with Crippen LogP contribution in [-0.2, 0) is 24.8 Å². The van der Waals surface area contributed by atoms with Gasteiger partial charge in [0.25, 0.3) is 0 Å². The number of nitrogens with one attached hydrogen (secondary N) is 1. The molecule has 1 N–H and O–H groups in total. The SMILES string of the molecule is COc1nn(C)c2nc(C)c(CCC(=O)NCc3ccc(N(C)C4CCCCC4)cc3)c(C)c12. The molecule has 1 saturated carbocycles. The number of hydrogen-bond donors (Lipinski definition) is 1. The van der Waals surface area contributed by atoms with Gasteiger partial charge >= 0.3 is 0 Å². The van der Waals surface area contributed by atoms with Crippen molar-refractivity contribution in [1.29, 1.82) is 0 Å². The molecule has 0 saturated heterocycles. The molecule has 0 spiro atoms. The predicted molar refractivity (Wildman–Crippen MR) is 136 cm³/mol. The largest absolute Gasteiger partial charge is 0.479 e. The van der Waals surface area contributed by atoms with Gasteiger partial charge in [0.1, 0.15) is 0 Å². The first kappa shape index (κ1) is 24.0. The molecule has 2 heterocycles. The molecule has 0 radical (unpaired) electrons. The van der Waals surface area contributed by atoms with Crippen LogP contribution >= 0.6 is 0 Å². The van der Waals surface area contributed by atoms with Crippen LogP contribution in [0.5, 0.6) is 5.88 Å². The smallest absolute Gasteiger partial charge is 0.242 e. The number of rotatable bonds is 8. The highest BCUT2D eigenvalue weighted by atomic mass is 16.5. The summed E-state index contributed by atoms with van der Waals surface area (Å²) in [5, 5.41) is 8.39. The highest BCUT2D eigenvalue weighted by Crippen LogP contribution is 2.30. The molecule has 1 amide bonds. The Bertz CT molecular complexity index is 1150. The molecule has 7 heteroatoms. The van der Waals surface area contributed by atoms with Crippen molar-refractivity contribution in [2.24, 2.45) is 7.05 Å². The van der Waals surface area contributed by atoms with Crippen LogP contribution in [0.2, 0.25) is 0 Å². The van der Waals surface area contributed by atoms with Gasteiger partial charge in [-0.15, -0.1) is 5.10 Å². The van der Waals surface area contributed by atoms with Crippen molar-refractivity contribution in [3.05, 3.63) is 46.6 Å². The third-order valence-electron chi connectivity index (χ3n) is 7.27. The van der Waals surface area contributed by atoms with Crippen LogP contribution in [0.25, 0.3) is 11.0 Å². The zero-order valence-electron chi connectivity index (χ0n) is 21.1. The Morgan fingerprint density at radius 1 is 1.18 bits per heavy atom. The molecule has 0 atom stereocenters. The number of ether oxygens (including phenoxy) is 1. The van der Waals surface area contributed by atoms with Crippen LogP contribution in [0.15, 0.2) is 24.3 Å². The van der Waals surface area contributed by atoms with Crippen LogP contribution in [0.3, 0.4) is 0 Å². The number of carbonyl (C=O) groups excluding carboxylic acids is 1. The highest BCUT2D eigenvalue weighted by molar-refractivity contribution is 5.86. The average Bonchev–Trinajstić information content (AvgIpc) is 3.18. The lowest BCUT2D eigenvalue weighted by atomic mass is 9.94. The van der Waals surface area contributed by atoms with E-state index in [1.807, 2.05) is 14.0 Å². The lowest BCUT2D eigenvalue weighted by Crippen LogP contribution is -2.33. The van der Waals surface area contributed by atoms with E-state index >= 15 is 0 Å². The van der Waals surface area contributed by atoms with Crippen LogP contribution in [-0.4, -0.2) is 40.9 Å². The normalized spacial score (nSPS) is 14.4. The van der Waals surface area contributed by atoms with E-state index in [2.05, 4.69) is 53.6 Å². The lowest BCUT2D eigenvalue weighted by molar-refractivity contribution is -0.121. The first-order valence-electron chi connectivity index (χ1n) is 12.3. The molecule has 4 rings (SSSR count).